The molecule has 0 saturated heterocycles. The minimum atomic E-state index is -3.26. The molecule has 2 aromatic carbocycles. The summed E-state index contributed by atoms with van der Waals surface area (Å²) < 4.78 is 36.1. The molecule has 0 spiro atoms. The molecule has 0 atom stereocenters. The molecular weight excluding hydrogens is 416 g/mol. The van der Waals surface area contributed by atoms with Gasteiger partial charge in [0, 0.05) is 24.6 Å². The molecule has 2 aromatic heterocycles. The number of aromatic nitrogens is 2. The van der Waals surface area contributed by atoms with E-state index >= 15 is 0 Å². The molecule has 0 N–H and O–H groups in total. The number of fused-ring (bicyclic) bond motifs is 1. The van der Waals surface area contributed by atoms with Gasteiger partial charge in [0.25, 0.3) is 5.56 Å². The van der Waals surface area contributed by atoms with Crippen LogP contribution < -0.4 is 15.0 Å². The molecule has 8 heteroatoms. The number of benzene rings is 2. The van der Waals surface area contributed by atoms with Crippen molar-refractivity contribution >= 4 is 15.5 Å². The molecule has 0 bridgehead atoms. The Labute approximate surface area is 179 Å². The fraction of sp³-hybridized carbons (Fsp3) is 0.130. The molecule has 0 fully saturated rings. The summed E-state index contributed by atoms with van der Waals surface area (Å²) in [7, 11) is -1.71. The van der Waals surface area contributed by atoms with Crippen molar-refractivity contribution in [3.05, 3.63) is 89.0 Å². The van der Waals surface area contributed by atoms with E-state index in [0.717, 1.165) is 11.1 Å². The van der Waals surface area contributed by atoms with Crippen LogP contribution in [0.25, 0.3) is 16.8 Å². The fourth-order valence-corrected chi connectivity index (χ4v) is 3.80. The first-order valence-corrected chi connectivity index (χ1v) is 11.3. The predicted octanol–water partition coefficient (Wildman–Crippen LogP) is 3.35. The van der Waals surface area contributed by atoms with Gasteiger partial charge in [-0.3, -0.25) is 9.20 Å². The van der Waals surface area contributed by atoms with E-state index in [0.29, 0.717) is 22.8 Å². The van der Waals surface area contributed by atoms with Gasteiger partial charge in [0.2, 0.25) is 0 Å². The van der Waals surface area contributed by atoms with Gasteiger partial charge in [0.15, 0.2) is 9.84 Å². The molecule has 0 aliphatic rings. The Morgan fingerprint density at radius 1 is 0.935 bits per heavy atom. The molecular formula is C23H20N2O5S. The number of ether oxygens (including phenoxy) is 2. The van der Waals surface area contributed by atoms with Crippen LogP contribution in [0.5, 0.6) is 11.5 Å². The summed E-state index contributed by atoms with van der Waals surface area (Å²) >= 11 is 0. The predicted molar refractivity (Wildman–Crippen MR) is 117 cm³/mol. The monoisotopic (exact) mass is 436 g/mol. The van der Waals surface area contributed by atoms with Crippen molar-refractivity contribution in [1.29, 1.82) is 0 Å². The van der Waals surface area contributed by atoms with Gasteiger partial charge >= 0.3 is 0 Å². The maximum Gasteiger partial charge on any atom is 0.258 e. The largest absolute Gasteiger partial charge is 0.497 e. The van der Waals surface area contributed by atoms with Gasteiger partial charge in [0.05, 0.1) is 17.7 Å². The minimum absolute atomic E-state index is 0.111. The topological polar surface area (TPSA) is 87.0 Å². The van der Waals surface area contributed by atoms with Gasteiger partial charge in [-0.25, -0.2) is 13.4 Å². The zero-order valence-electron chi connectivity index (χ0n) is 17.0. The van der Waals surface area contributed by atoms with E-state index in [-0.39, 0.29) is 17.1 Å². The maximum absolute atomic E-state index is 12.3. The van der Waals surface area contributed by atoms with Gasteiger partial charge in [-0.15, -0.1) is 0 Å². The smallest absolute Gasteiger partial charge is 0.258 e. The van der Waals surface area contributed by atoms with Crippen molar-refractivity contribution in [2.75, 3.05) is 13.4 Å². The second-order valence-corrected chi connectivity index (χ2v) is 9.01. The Kier molecular flexibility index (Phi) is 5.48. The van der Waals surface area contributed by atoms with E-state index in [1.807, 2.05) is 18.2 Å². The molecule has 0 radical (unpaired) electrons. The first kappa shape index (κ1) is 20.6. The fourth-order valence-electron chi connectivity index (χ4n) is 3.17. The van der Waals surface area contributed by atoms with Gasteiger partial charge in [0.1, 0.15) is 23.8 Å². The second kappa shape index (κ2) is 8.23. The first-order valence-electron chi connectivity index (χ1n) is 9.43. The van der Waals surface area contributed by atoms with Crippen molar-refractivity contribution < 1.29 is 17.9 Å². The van der Waals surface area contributed by atoms with Gasteiger partial charge < -0.3 is 9.47 Å². The Balaban J connectivity index is 1.61. The number of rotatable bonds is 6. The second-order valence-electron chi connectivity index (χ2n) is 7.00. The van der Waals surface area contributed by atoms with Crippen LogP contribution in [0.3, 0.4) is 0 Å². The number of nitrogens with zero attached hydrogens (tertiary/aromatic N) is 2. The van der Waals surface area contributed by atoms with Crippen molar-refractivity contribution in [3.63, 3.8) is 0 Å². The number of methoxy groups -OCH3 is 1. The van der Waals surface area contributed by atoms with Crippen molar-refractivity contribution in [3.8, 4) is 22.6 Å². The Morgan fingerprint density at radius 3 is 2.39 bits per heavy atom. The summed E-state index contributed by atoms with van der Waals surface area (Å²) in [5.74, 6) is 1.13. The summed E-state index contributed by atoms with van der Waals surface area (Å²) in [4.78, 5) is 17.0. The average molecular weight is 436 g/mol. The normalized spacial score (nSPS) is 11.4. The third kappa shape index (κ3) is 4.59. The average Bonchev–Trinajstić information content (AvgIpc) is 2.77. The maximum atomic E-state index is 12.3. The van der Waals surface area contributed by atoms with E-state index in [9.17, 15) is 13.2 Å². The zero-order valence-corrected chi connectivity index (χ0v) is 17.8. The van der Waals surface area contributed by atoms with Crippen LogP contribution in [0.15, 0.2) is 82.6 Å². The van der Waals surface area contributed by atoms with E-state index in [2.05, 4.69) is 4.98 Å². The highest BCUT2D eigenvalue weighted by Crippen LogP contribution is 2.30. The van der Waals surface area contributed by atoms with E-state index in [1.165, 1.54) is 16.7 Å². The molecule has 0 unspecified atom stereocenters. The number of pyridine rings is 1. The third-order valence-electron chi connectivity index (χ3n) is 4.74. The standard InChI is InChI=1S/C23H20N2O5S/c1-29-19-11-17(16-6-8-21(9-7-16)31(2,27)28)12-20(14-19)30-15-18-13-23(26)25-10-4-3-5-22(25)24-18/h3-14H,15H2,1-2H3. The molecule has 0 aliphatic heterocycles. The van der Waals surface area contributed by atoms with Crippen molar-refractivity contribution in [1.82, 2.24) is 9.38 Å². The van der Waals surface area contributed by atoms with Crippen LogP contribution >= 0.6 is 0 Å². The highest BCUT2D eigenvalue weighted by molar-refractivity contribution is 7.90. The molecule has 4 aromatic rings. The highest BCUT2D eigenvalue weighted by Gasteiger charge is 2.10. The highest BCUT2D eigenvalue weighted by atomic mass is 32.2. The third-order valence-corrected chi connectivity index (χ3v) is 5.87. The summed E-state index contributed by atoms with van der Waals surface area (Å²) in [6.45, 7) is 0.111. The van der Waals surface area contributed by atoms with Crippen LogP contribution in [0.4, 0.5) is 0 Å². The summed E-state index contributed by atoms with van der Waals surface area (Å²) in [6.07, 6.45) is 2.84. The molecule has 0 saturated carbocycles. The molecule has 0 aliphatic carbocycles. The van der Waals surface area contributed by atoms with Crippen LogP contribution in [-0.2, 0) is 16.4 Å². The van der Waals surface area contributed by atoms with Crippen molar-refractivity contribution in [2.45, 2.75) is 11.5 Å². The van der Waals surface area contributed by atoms with E-state index in [4.69, 9.17) is 9.47 Å². The van der Waals surface area contributed by atoms with Gasteiger partial charge in [-0.05, 0) is 47.5 Å². The number of hydrogen-bond donors (Lipinski definition) is 0. The molecule has 31 heavy (non-hydrogen) atoms. The zero-order chi connectivity index (χ0) is 22.0. The molecule has 158 valence electrons. The van der Waals surface area contributed by atoms with Crippen molar-refractivity contribution in [2.24, 2.45) is 0 Å². The Morgan fingerprint density at radius 2 is 1.68 bits per heavy atom. The lowest BCUT2D eigenvalue weighted by Gasteiger charge is -2.11. The van der Waals surface area contributed by atoms with E-state index in [1.54, 1.807) is 55.8 Å². The quantitative estimate of drug-likeness (QED) is 0.461. The first-order chi connectivity index (χ1) is 14.8. The number of hydrogen-bond acceptors (Lipinski definition) is 6. The van der Waals surface area contributed by atoms with Crippen LogP contribution in [0.1, 0.15) is 5.69 Å². The Bertz CT molecular complexity index is 1410. The SMILES string of the molecule is COc1cc(OCc2cc(=O)n3ccccc3n2)cc(-c2ccc(S(C)(=O)=O)cc2)c1. The molecule has 7 nitrogen and oxygen atoms in total. The van der Waals surface area contributed by atoms with Crippen LogP contribution in [0, 0.1) is 0 Å². The molecule has 0 amide bonds. The van der Waals surface area contributed by atoms with Crippen LogP contribution in [-0.4, -0.2) is 31.2 Å². The van der Waals surface area contributed by atoms with Gasteiger partial charge in [-0.2, -0.15) is 0 Å². The number of sulfone groups is 1. The Hall–Kier alpha value is -3.65. The summed E-state index contributed by atoms with van der Waals surface area (Å²) in [6, 6.07) is 18.8. The summed E-state index contributed by atoms with van der Waals surface area (Å²) in [5, 5.41) is 0. The summed E-state index contributed by atoms with van der Waals surface area (Å²) in [5.41, 5.74) is 2.50. The van der Waals surface area contributed by atoms with E-state index < -0.39 is 9.84 Å². The lowest BCUT2D eigenvalue weighted by molar-refractivity contribution is 0.299. The van der Waals surface area contributed by atoms with Gasteiger partial charge in [-0.1, -0.05) is 18.2 Å². The van der Waals surface area contributed by atoms with Crippen LogP contribution in [0.2, 0.25) is 0 Å². The minimum Gasteiger partial charge on any atom is -0.497 e. The molecule has 2 heterocycles. The molecule has 4 rings (SSSR count). The lowest BCUT2D eigenvalue weighted by Crippen LogP contribution is -2.16. The lowest BCUT2D eigenvalue weighted by atomic mass is 10.1.